The number of carbonyl (C=O) groups is 1. The van der Waals surface area contributed by atoms with Gasteiger partial charge in [-0.05, 0) is 51.7 Å². The Morgan fingerprint density at radius 3 is 2.96 bits per heavy atom. The minimum Gasteiger partial charge on any atom is -0.334 e. The van der Waals surface area contributed by atoms with Gasteiger partial charge in [-0.3, -0.25) is 9.48 Å². The zero-order valence-corrected chi connectivity index (χ0v) is 15.3. The molecule has 0 saturated carbocycles. The first-order valence-corrected chi connectivity index (χ1v) is 9.24. The van der Waals surface area contributed by atoms with Gasteiger partial charge in [-0.1, -0.05) is 0 Å². The lowest BCUT2D eigenvalue weighted by Crippen LogP contribution is -2.44. The first kappa shape index (κ1) is 16.8. The predicted octanol–water partition coefficient (Wildman–Crippen LogP) is 2.63. The van der Waals surface area contributed by atoms with E-state index in [0.29, 0.717) is 5.69 Å². The van der Waals surface area contributed by atoms with Crippen LogP contribution in [-0.2, 0) is 6.54 Å². The van der Waals surface area contributed by atoms with Crippen LogP contribution in [0.15, 0.2) is 30.6 Å². The van der Waals surface area contributed by atoms with E-state index in [1.54, 1.807) is 10.7 Å². The number of aryl methyl sites for hydroxylation is 3. The molecule has 1 aliphatic heterocycles. The molecule has 3 aromatic heterocycles. The van der Waals surface area contributed by atoms with Crippen LogP contribution < -0.4 is 0 Å². The van der Waals surface area contributed by atoms with Crippen molar-refractivity contribution in [2.45, 2.75) is 52.1 Å². The lowest BCUT2D eigenvalue weighted by molar-refractivity contribution is 0.0588. The summed E-state index contributed by atoms with van der Waals surface area (Å²) in [6, 6.07) is 5.93. The number of piperidine rings is 1. The van der Waals surface area contributed by atoms with Crippen molar-refractivity contribution < 1.29 is 4.79 Å². The molecular weight excluding hydrogens is 328 g/mol. The molecule has 0 N–H and O–H groups in total. The molecule has 26 heavy (non-hydrogen) atoms. The number of rotatable bonds is 4. The Balaban J connectivity index is 1.56. The molecule has 1 amide bonds. The summed E-state index contributed by atoms with van der Waals surface area (Å²) in [5, 5.41) is 8.69. The maximum absolute atomic E-state index is 13.2. The molecule has 0 radical (unpaired) electrons. The Morgan fingerprint density at radius 1 is 1.27 bits per heavy atom. The van der Waals surface area contributed by atoms with Crippen LogP contribution >= 0.6 is 0 Å². The minimum absolute atomic E-state index is 0.0274. The first-order valence-electron chi connectivity index (χ1n) is 9.24. The fourth-order valence-electron chi connectivity index (χ4n) is 3.78. The lowest BCUT2D eigenvalue weighted by Gasteiger charge is -2.35. The van der Waals surface area contributed by atoms with Crippen molar-refractivity contribution in [1.82, 2.24) is 29.3 Å². The van der Waals surface area contributed by atoms with Gasteiger partial charge in [0.2, 0.25) is 0 Å². The molecule has 0 unspecified atom stereocenters. The highest BCUT2D eigenvalue weighted by Gasteiger charge is 2.28. The van der Waals surface area contributed by atoms with Crippen molar-refractivity contribution in [2.24, 2.45) is 0 Å². The van der Waals surface area contributed by atoms with Gasteiger partial charge in [-0.2, -0.15) is 10.2 Å². The van der Waals surface area contributed by atoms with E-state index in [9.17, 15) is 4.79 Å². The Labute approximate surface area is 152 Å². The third-order valence-electron chi connectivity index (χ3n) is 5.09. The minimum atomic E-state index is 0.0274. The standard InChI is InChI=1S/C19H24N6O/c1-14-12-18-21-17(13-15(2)25(18)22-14)19(26)24-10-4-3-6-16(24)7-11-23-9-5-8-20-23/h5,8-9,12-13,16H,3-4,6-7,10-11H2,1-2H3/t16-/m0/s1. The second kappa shape index (κ2) is 6.90. The van der Waals surface area contributed by atoms with E-state index in [1.165, 1.54) is 6.42 Å². The van der Waals surface area contributed by atoms with E-state index in [0.717, 1.165) is 49.4 Å². The average molecular weight is 352 g/mol. The molecule has 0 aromatic carbocycles. The summed E-state index contributed by atoms with van der Waals surface area (Å²) in [6.07, 6.45) is 7.94. The van der Waals surface area contributed by atoms with Gasteiger partial charge in [-0.25, -0.2) is 9.50 Å². The van der Waals surface area contributed by atoms with Crippen LogP contribution in [0.5, 0.6) is 0 Å². The molecule has 7 nitrogen and oxygen atoms in total. The summed E-state index contributed by atoms with van der Waals surface area (Å²) in [7, 11) is 0. The number of carbonyl (C=O) groups excluding carboxylic acids is 1. The fourth-order valence-corrected chi connectivity index (χ4v) is 3.78. The topological polar surface area (TPSA) is 68.3 Å². The third-order valence-corrected chi connectivity index (χ3v) is 5.09. The van der Waals surface area contributed by atoms with Crippen LogP contribution in [0.4, 0.5) is 0 Å². The molecule has 1 atom stereocenters. The van der Waals surface area contributed by atoms with Gasteiger partial charge in [0.05, 0.1) is 5.69 Å². The van der Waals surface area contributed by atoms with Crippen LogP contribution in [0.25, 0.3) is 5.65 Å². The molecule has 7 heteroatoms. The molecule has 4 heterocycles. The first-order chi connectivity index (χ1) is 12.6. The van der Waals surface area contributed by atoms with E-state index >= 15 is 0 Å². The number of nitrogens with zero attached hydrogens (tertiary/aromatic N) is 6. The Hall–Kier alpha value is -2.70. The third kappa shape index (κ3) is 3.21. The average Bonchev–Trinajstić information content (AvgIpc) is 3.28. The van der Waals surface area contributed by atoms with Gasteiger partial charge in [0.25, 0.3) is 5.91 Å². The smallest absolute Gasteiger partial charge is 0.272 e. The molecule has 0 aliphatic carbocycles. The molecule has 1 aliphatic rings. The predicted molar refractivity (Wildman–Crippen MR) is 98.0 cm³/mol. The Bertz CT molecular complexity index is 914. The molecule has 1 fully saturated rings. The summed E-state index contributed by atoms with van der Waals surface area (Å²) < 4.78 is 3.72. The highest BCUT2D eigenvalue weighted by Crippen LogP contribution is 2.23. The lowest BCUT2D eigenvalue weighted by atomic mass is 9.98. The summed E-state index contributed by atoms with van der Waals surface area (Å²) in [6.45, 7) is 5.52. The van der Waals surface area contributed by atoms with Crippen LogP contribution in [0.3, 0.4) is 0 Å². The maximum atomic E-state index is 13.2. The van der Waals surface area contributed by atoms with Crippen LogP contribution in [0.2, 0.25) is 0 Å². The monoisotopic (exact) mass is 352 g/mol. The summed E-state index contributed by atoms with van der Waals surface area (Å²) >= 11 is 0. The van der Waals surface area contributed by atoms with Gasteiger partial charge in [0.15, 0.2) is 5.65 Å². The molecule has 0 spiro atoms. The summed E-state index contributed by atoms with van der Waals surface area (Å²) in [5.41, 5.74) is 3.08. The van der Waals surface area contributed by atoms with Crippen molar-refractivity contribution >= 4 is 11.6 Å². The molecular formula is C19H24N6O. The van der Waals surface area contributed by atoms with Gasteiger partial charge in [-0.15, -0.1) is 0 Å². The summed E-state index contributed by atoms with van der Waals surface area (Å²) in [4.78, 5) is 19.8. The van der Waals surface area contributed by atoms with Crippen molar-refractivity contribution in [2.75, 3.05) is 6.54 Å². The number of fused-ring (bicyclic) bond motifs is 1. The van der Waals surface area contributed by atoms with Crippen molar-refractivity contribution in [3.05, 3.63) is 47.7 Å². The van der Waals surface area contributed by atoms with E-state index in [1.807, 2.05) is 47.8 Å². The zero-order valence-electron chi connectivity index (χ0n) is 15.3. The van der Waals surface area contributed by atoms with Crippen LogP contribution in [0.1, 0.15) is 47.6 Å². The molecule has 136 valence electrons. The largest absolute Gasteiger partial charge is 0.334 e. The van der Waals surface area contributed by atoms with E-state index in [-0.39, 0.29) is 11.9 Å². The summed E-state index contributed by atoms with van der Waals surface area (Å²) in [5.74, 6) is 0.0274. The molecule has 4 rings (SSSR count). The maximum Gasteiger partial charge on any atom is 0.272 e. The van der Waals surface area contributed by atoms with Crippen LogP contribution in [-0.4, -0.2) is 47.8 Å². The van der Waals surface area contributed by atoms with Gasteiger partial charge >= 0.3 is 0 Å². The van der Waals surface area contributed by atoms with Crippen molar-refractivity contribution in [1.29, 1.82) is 0 Å². The number of hydrogen-bond acceptors (Lipinski definition) is 4. The highest BCUT2D eigenvalue weighted by atomic mass is 16.2. The van der Waals surface area contributed by atoms with Crippen molar-refractivity contribution in [3.63, 3.8) is 0 Å². The molecule has 1 saturated heterocycles. The molecule has 0 bridgehead atoms. The SMILES string of the molecule is Cc1cc2nc(C(=O)N3CCCC[C@H]3CCn3cccn3)cc(C)n2n1. The Morgan fingerprint density at radius 2 is 2.15 bits per heavy atom. The zero-order chi connectivity index (χ0) is 18.1. The number of likely N-dealkylation sites (tertiary alicyclic amines) is 1. The molecule has 3 aromatic rings. The van der Waals surface area contributed by atoms with E-state index < -0.39 is 0 Å². The van der Waals surface area contributed by atoms with E-state index in [4.69, 9.17) is 0 Å². The quantitative estimate of drug-likeness (QED) is 0.724. The number of amides is 1. The second-order valence-corrected chi connectivity index (χ2v) is 7.04. The second-order valence-electron chi connectivity index (χ2n) is 7.04. The van der Waals surface area contributed by atoms with Gasteiger partial charge in [0, 0.05) is 43.3 Å². The normalized spacial score (nSPS) is 17.8. The van der Waals surface area contributed by atoms with Gasteiger partial charge in [0.1, 0.15) is 5.69 Å². The highest BCUT2D eigenvalue weighted by molar-refractivity contribution is 5.93. The van der Waals surface area contributed by atoms with E-state index in [2.05, 4.69) is 15.2 Å². The van der Waals surface area contributed by atoms with Crippen molar-refractivity contribution in [3.8, 4) is 0 Å². The van der Waals surface area contributed by atoms with Crippen LogP contribution in [0, 0.1) is 13.8 Å². The Kier molecular flexibility index (Phi) is 4.44. The number of aromatic nitrogens is 5. The van der Waals surface area contributed by atoms with Gasteiger partial charge < -0.3 is 4.90 Å². The number of hydrogen-bond donors (Lipinski definition) is 0. The fraction of sp³-hybridized carbons (Fsp3) is 0.474.